The van der Waals surface area contributed by atoms with E-state index in [1.165, 1.54) is 0 Å². The third-order valence-electron chi connectivity index (χ3n) is 2.58. The highest BCUT2D eigenvalue weighted by atomic mass is 35.5. The van der Waals surface area contributed by atoms with Crippen molar-refractivity contribution in [3.8, 4) is 11.8 Å². The number of halogens is 1. The number of rotatable bonds is 2. The molecule has 3 nitrogen and oxygen atoms in total. The minimum atomic E-state index is -0.113. The molecule has 1 aromatic rings. The molecule has 0 N–H and O–H groups in total. The van der Waals surface area contributed by atoms with Gasteiger partial charge in [-0.3, -0.25) is 4.79 Å². The van der Waals surface area contributed by atoms with Gasteiger partial charge in [-0.15, -0.1) is 0 Å². The number of nitrogens with zero attached hydrogens (tertiary/aromatic N) is 1. The van der Waals surface area contributed by atoms with E-state index < -0.39 is 0 Å². The Bertz CT molecular complexity index is 465. The third kappa shape index (κ3) is 2.17. The molecule has 82 valence electrons. The fraction of sp³-hybridized carbons (Fsp3) is 0.333. The number of ether oxygens (including phenoxy) is 1. The maximum absolute atomic E-state index is 11.1. The summed E-state index contributed by atoms with van der Waals surface area (Å²) in [5.74, 6) is 0.681. The third-order valence-corrected chi connectivity index (χ3v) is 2.90. The fourth-order valence-electron chi connectivity index (χ4n) is 1.77. The zero-order valence-corrected chi connectivity index (χ0v) is 9.33. The lowest BCUT2D eigenvalue weighted by molar-refractivity contribution is -0.117. The summed E-state index contributed by atoms with van der Waals surface area (Å²) in [5.41, 5.74) is 0.337. The van der Waals surface area contributed by atoms with Gasteiger partial charge in [0.05, 0.1) is 5.02 Å². The average Bonchev–Trinajstić information content (AvgIpc) is 2.64. The Morgan fingerprint density at radius 2 is 2.31 bits per heavy atom. The van der Waals surface area contributed by atoms with E-state index in [9.17, 15) is 4.79 Å². The van der Waals surface area contributed by atoms with Crippen molar-refractivity contribution in [2.75, 3.05) is 0 Å². The smallest absolute Gasteiger partial charge is 0.139 e. The van der Waals surface area contributed by atoms with Crippen LogP contribution in [0.15, 0.2) is 18.2 Å². The number of nitriles is 1. The molecular weight excluding hydrogens is 226 g/mol. The maximum Gasteiger partial charge on any atom is 0.139 e. The second-order valence-electron chi connectivity index (χ2n) is 3.75. The molecule has 4 heteroatoms. The number of hydrogen-bond donors (Lipinski definition) is 0. The van der Waals surface area contributed by atoms with Crippen molar-refractivity contribution < 1.29 is 9.53 Å². The zero-order chi connectivity index (χ0) is 11.5. The Morgan fingerprint density at radius 1 is 1.50 bits per heavy atom. The van der Waals surface area contributed by atoms with E-state index >= 15 is 0 Å². The minimum Gasteiger partial charge on any atom is -0.489 e. The molecule has 0 radical (unpaired) electrons. The summed E-state index contributed by atoms with van der Waals surface area (Å²) in [6.07, 6.45) is 1.60. The molecule has 0 saturated heterocycles. The summed E-state index contributed by atoms with van der Waals surface area (Å²) in [6.45, 7) is 0. The van der Waals surface area contributed by atoms with Crippen molar-refractivity contribution in [1.29, 1.82) is 5.26 Å². The molecule has 1 fully saturated rings. The zero-order valence-electron chi connectivity index (χ0n) is 8.57. The molecule has 2 rings (SSSR count). The van der Waals surface area contributed by atoms with E-state index in [2.05, 4.69) is 0 Å². The molecule has 1 unspecified atom stereocenters. The van der Waals surface area contributed by atoms with Crippen LogP contribution in [0.4, 0.5) is 0 Å². The van der Waals surface area contributed by atoms with Crippen molar-refractivity contribution >= 4 is 17.4 Å². The number of carbonyl (C=O) groups is 1. The van der Waals surface area contributed by atoms with Crippen LogP contribution in [0.3, 0.4) is 0 Å². The Kier molecular flexibility index (Phi) is 3.12. The van der Waals surface area contributed by atoms with E-state index in [0.29, 0.717) is 29.2 Å². The average molecular weight is 236 g/mol. The summed E-state index contributed by atoms with van der Waals surface area (Å²) in [5, 5.41) is 9.32. The van der Waals surface area contributed by atoms with Gasteiger partial charge < -0.3 is 4.74 Å². The molecule has 0 amide bonds. The SMILES string of the molecule is N#Cc1c(Cl)cccc1OC1CCC(=O)C1. The standard InChI is InChI=1S/C12H10ClNO2/c13-11-2-1-3-12(10(11)7-14)16-9-5-4-8(15)6-9/h1-3,9H,4-6H2. The Morgan fingerprint density at radius 3 is 2.94 bits per heavy atom. The van der Waals surface area contributed by atoms with Gasteiger partial charge in [0.2, 0.25) is 0 Å². The van der Waals surface area contributed by atoms with Crippen LogP contribution in [0, 0.1) is 11.3 Å². The van der Waals surface area contributed by atoms with Gasteiger partial charge in [-0.05, 0) is 18.6 Å². The van der Waals surface area contributed by atoms with Gasteiger partial charge in [-0.2, -0.15) is 5.26 Å². The maximum atomic E-state index is 11.1. The van der Waals surface area contributed by atoms with E-state index in [-0.39, 0.29) is 11.9 Å². The fourth-order valence-corrected chi connectivity index (χ4v) is 1.98. The quantitative estimate of drug-likeness (QED) is 0.792. The van der Waals surface area contributed by atoms with E-state index in [1.807, 2.05) is 6.07 Å². The Balaban J connectivity index is 2.19. The molecule has 1 aliphatic rings. The molecule has 1 saturated carbocycles. The lowest BCUT2D eigenvalue weighted by Crippen LogP contribution is -2.12. The van der Waals surface area contributed by atoms with Gasteiger partial charge in [-0.25, -0.2) is 0 Å². The van der Waals surface area contributed by atoms with Crippen molar-refractivity contribution in [2.24, 2.45) is 0 Å². The van der Waals surface area contributed by atoms with Crippen LogP contribution in [0.25, 0.3) is 0 Å². The molecule has 0 heterocycles. The van der Waals surface area contributed by atoms with E-state index in [4.69, 9.17) is 21.6 Å². The van der Waals surface area contributed by atoms with Crippen LogP contribution in [-0.4, -0.2) is 11.9 Å². The van der Waals surface area contributed by atoms with Gasteiger partial charge in [0, 0.05) is 12.8 Å². The largest absolute Gasteiger partial charge is 0.489 e. The second kappa shape index (κ2) is 4.54. The van der Waals surface area contributed by atoms with Gasteiger partial charge in [0.15, 0.2) is 0 Å². The van der Waals surface area contributed by atoms with Crippen LogP contribution >= 0.6 is 11.6 Å². The first-order chi connectivity index (χ1) is 7.70. The normalized spacial score (nSPS) is 19.5. The topological polar surface area (TPSA) is 50.1 Å². The molecule has 1 aromatic carbocycles. The van der Waals surface area contributed by atoms with Crippen molar-refractivity contribution in [2.45, 2.75) is 25.4 Å². The summed E-state index contributed by atoms with van der Waals surface area (Å²) < 4.78 is 5.62. The number of hydrogen-bond acceptors (Lipinski definition) is 3. The van der Waals surface area contributed by atoms with Crippen LogP contribution in [0.1, 0.15) is 24.8 Å². The highest BCUT2D eigenvalue weighted by molar-refractivity contribution is 6.31. The first kappa shape index (κ1) is 11.0. The van der Waals surface area contributed by atoms with Crippen LogP contribution in [0.2, 0.25) is 5.02 Å². The summed E-state index contributed by atoms with van der Waals surface area (Å²) in [6, 6.07) is 7.09. The molecular formula is C12H10ClNO2. The Labute approximate surface area is 98.6 Å². The first-order valence-electron chi connectivity index (χ1n) is 5.07. The highest BCUT2D eigenvalue weighted by Crippen LogP contribution is 2.29. The number of benzene rings is 1. The minimum absolute atomic E-state index is 0.113. The highest BCUT2D eigenvalue weighted by Gasteiger charge is 2.24. The molecule has 0 aliphatic heterocycles. The predicted molar refractivity (Wildman–Crippen MR) is 59.4 cm³/mol. The molecule has 1 aliphatic carbocycles. The monoisotopic (exact) mass is 235 g/mol. The lowest BCUT2D eigenvalue weighted by atomic mass is 10.2. The summed E-state index contributed by atoms with van der Waals surface area (Å²) >= 11 is 5.87. The predicted octanol–water partition coefficient (Wildman–Crippen LogP) is 2.71. The van der Waals surface area contributed by atoms with Gasteiger partial charge >= 0.3 is 0 Å². The number of ketones is 1. The van der Waals surface area contributed by atoms with Crippen molar-refractivity contribution in [3.05, 3.63) is 28.8 Å². The molecule has 0 bridgehead atoms. The summed E-state index contributed by atoms with van der Waals surface area (Å²) in [7, 11) is 0. The van der Waals surface area contributed by atoms with Gasteiger partial charge in [-0.1, -0.05) is 17.7 Å². The van der Waals surface area contributed by atoms with Crippen LogP contribution < -0.4 is 4.74 Å². The second-order valence-corrected chi connectivity index (χ2v) is 4.15. The van der Waals surface area contributed by atoms with Crippen LogP contribution in [-0.2, 0) is 4.79 Å². The van der Waals surface area contributed by atoms with E-state index in [0.717, 1.165) is 6.42 Å². The van der Waals surface area contributed by atoms with Crippen molar-refractivity contribution in [1.82, 2.24) is 0 Å². The van der Waals surface area contributed by atoms with Gasteiger partial charge in [0.1, 0.15) is 29.3 Å². The lowest BCUT2D eigenvalue weighted by Gasteiger charge is -2.13. The molecule has 0 aromatic heterocycles. The first-order valence-corrected chi connectivity index (χ1v) is 5.45. The van der Waals surface area contributed by atoms with Crippen molar-refractivity contribution in [3.63, 3.8) is 0 Å². The number of carbonyl (C=O) groups excluding carboxylic acids is 1. The Hall–Kier alpha value is -1.53. The molecule has 0 spiro atoms. The number of Topliss-reactive ketones (excluding diaryl/α,β-unsaturated/α-hetero) is 1. The van der Waals surface area contributed by atoms with Crippen LogP contribution in [0.5, 0.6) is 5.75 Å². The van der Waals surface area contributed by atoms with Gasteiger partial charge in [0.25, 0.3) is 0 Å². The molecule has 1 atom stereocenters. The molecule has 16 heavy (non-hydrogen) atoms. The van der Waals surface area contributed by atoms with E-state index in [1.54, 1.807) is 18.2 Å². The summed E-state index contributed by atoms with van der Waals surface area (Å²) in [4.78, 5) is 11.1.